The van der Waals surface area contributed by atoms with E-state index in [-0.39, 0.29) is 6.04 Å². The zero-order valence-corrected chi connectivity index (χ0v) is 9.72. The molecule has 0 aliphatic carbocycles. The van der Waals surface area contributed by atoms with Crippen molar-refractivity contribution in [2.24, 2.45) is 5.73 Å². The van der Waals surface area contributed by atoms with E-state index in [0.29, 0.717) is 6.42 Å². The summed E-state index contributed by atoms with van der Waals surface area (Å²) in [4.78, 5) is 4.16. The summed E-state index contributed by atoms with van der Waals surface area (Å²) in [6.07, 6.45) is 0.676. The highest BCUT2D eigenvalue weighted by Crippen LogP contribution is 2.20. The average Bonchev–Trinajstić information content (AvgIpc) is 2.75. The molecule has 3 nitrogen and oxygen atoms in total. The molecule has 0 saturated carbocycles. The van der Waals surface area contributed by atoms with Gasteiger partial charge >= 0.3 is 0 Å². The molecule has 0 spiro atoms. The number of furan rings is 1. The molecule has 0 bridgehead atoms. The number of hydrogen-bond acceptors (Lipinski definition) is 4. The molecule has 0 radical (unpaired) electrons. The van der Waals surface area contributed by atoms with Crippen molar-refractivity contribution in [1.29, 1.82) is 0 Å². The van der Waals surface area contributed by atoms with Crippen molar-refractivity contribution in [2.75, 3.05) is 0 Å². The van der Waals surface area contributed by atoms with Crippen LogP contribution < -0.4 is 5.73 Å². The van der Waals surface area contributed by atoms with Crippen LogP contribution in [0.15, 0.2) is 32.1 Å². The Hall–Kier alpha value is -0.650. The molecule has 2 heterocycles. The quantitative estimate of drug-likeness (QED) is 0.935. The van der Waals surface area contributed by atoms with Gasteiger partial charge in [0.2, 0.25) is 0 Å². The predicted octanol–water partition coefficient (Wildman–Crippen LogP) is 2.74. The fourth-order valence-corrected chi connectivity index (χ4v) is 2.15. The van der Waals surface area contributed by atoms with E-state index in [9.17, 15) is 0 Å². The van der Waals surface area contributed by atoms with Crippen LogP contribution in [0.4, 0.5) is 0 Å². The lowest BCUT2D eigenvalue weighted by Crippen LogP contribution is -2.13. The minimum Gasteiger partial charge on any atom is -0.454 e. The molecule has 2 aromatic rings. The molecule has 0 fully saturated rings. The largest absolute Gasteiger partial charge is 0.454 e. The number of rotatable bonds is 3. The van der Waals surface area contributed by atoms with E-state index in [4.69, 9.17) is 10.2 Å². The third-order valence-corrected chi connectivity index (χ3v) is 2.91. The van der Waals surface area contributed by atoms with Gasteiger partial charge in [0, 0.05) is 11.8 Å². The van der Waals surface area contributed by atoms with E-state index in [1.165, 1.54) is 0 Å². The molecule has 2 aromatic heterocycles. The predicted molar refractivity (Wildman–Crippen MR) is 59.2 cm³/mol. The number of nitrogens with zero attached hydrogens (tertiary/aromatic N) is 1. The summed E-state index contributed by atoms with van der Waals surface area (Å²) in [7, 11) is 0. The van der Waals surface area contributed by atoms with Gasteiger partial charge in [-0.3, -0.25) is 0 Å². The van der Waals surface area contributed by atoms with Crippen LogP contribution >= 0.6 is 27.3 Å². The molecule has 0 amide bonds. The molecule has 0 aliphatic heterocycles. The third kappa shape index (κ3) is 2.23. The molecule has 1 unspecified atom stereocenters. The van der Waals surface area contributed by atoms with Gasteiger partial charge in [0.1, 0.15) is 5.76 Å². The van der Waals surface area contributed by atoms with Crippen LogP contribution in [0.1, 0.15) is 17.5 Å². The Morgan fingerprint density at radius 1 is 1.57 bits per heavy atom. The highest BCUT2D eigenvalue weighted by Gasteiger charge is 2.11. The van der Waals surface area contributed by atoms with Crippen molar-refractivity contribution < 1.29 is 4.42 Å². The van der Waals surface area contributed by atoms with Crippen molar-refractivity contribution in [3.63, 3.8) is 0 Å². The maximum atomic E-state index is 5.95. The van der Waals surface area contributed by atoms with Gasteiger partial charge in [0.25, 0.3) is 0 Å². The van der Waals surface area contributed by atoms with Crippen LogP contribution in [0, 0.1) is 0 Å². The van der Waals surface area contributed by atoms with E-state index in [1.807, 2.05) is 17.5 Å². The Bertz CT molecular complexity index is 399. The Labute approximate surface area is 94.1 Å². The van der Waals surface area contributed by atoms with E-state index < -0.39 is 0 Å². The molecule has 1 atom stereocenters. The van der Waals surface area contributed by atoms with Crippen LogP contribution in [0.5, 0.6) is 0 Å². The number of hydrogen-bond donors (Lipinski definition) is 1. The molecule has 0 aliphatic rings. The first-order chi connectivity index (χ1) is 6.75. The van der Waals surface area contributed by atoms with Crippen LogP contribution in [0.25, 0.3) is 0 Å². The fourth-order valence-electron chi connectivity index (χ4n) is 1.19. The molecule has 2 N–H and O–H groups in total. The van der Waals surface area contributed by atoms with Gasteiger partial charge in [0.05, 0.1) is 17.2 Å². The first-order valence-electron chi connectivity index (χ1n) is 4.13. The molecule has 14 heavy (non-hydrogen) atoms. The molecule has 0 saturated heterocycles. The Balaban J connectivity index is 2.05. The van der Waals surface area contributed by atoms with Gasteiger partial charge < -0.3 is 10.2 Å². The van der Waals surface area contributed by atoms with Gasteiger partial charge in [-0.15, -0.1) is 11.3 Å². The first-order valence-corrected chi connectivity index (χ1v) is 5.87. The molecule has 0 aromatic carbocycles. The molecular formula is C9H9BrN2OS. The Morgan fingerprint density at radius 3 is 3.00 bits per heavy atom. The van der Waals surface area contributed by atoms with Crippen LogP contribution in [0.3, 0.4) is 0 Å². The monoisotopic (exact) mass is 272 g/mol. The van der Waals surface area contributed by atoms with E-state index in [2.05, 4.69) is 20.9 Å². The van der Waals surface area contributed by atoms with Gasteiger partial charge in [-0.05, 0) is 28.1 Å². The summed E-state index contributed by atoms with van der Waals surface area (Å²) >= 11 is 4.80. The van der Waals surface area contributed by atoms with Crippen molar-refractivity contribution in [1.82, 2.24) is 4.98 Å². The maximum Gasteiger partial charge on any atom is 0.169 e. The van der Waals surface area contributed by atoms with E-state index in [1.54, 1.807) is 16.8 Å². The molecule has 74 valence electrons. The normalized spacial score (nSPS) is 13.0. The summed E-state index contributed by atoms with van der Waals surface area (Å²) in [6.45, 7) is 0. The van der Waals surface area contributed by atoms with Gasteiger partial charge in [-0.25, -0.2) is 4.98 Å². The number of aromatic nitrogens is 1. The third-order valence-electron chi connectivity index (χ3n) is 1.88. The van der Waals surface area contributed by atoms with Crippen LogP contribution in [0.2, 0.25) is 0 Å². The number of nitrogens with two attached hydrogens (primary N) is 1. The summed E-state index contributed by atoms with van der Waals surface area (Å²) < 4.78 is 6.10. The zero-order valence-electron chi connectivity index (χ0n) is 7.31. The van der Waals surface area contributed by atoms with Crippen LogP contribution in [-0.4, -0.2) is 4.98 Å². The van der Waals surface area contributed by atoms with Crippen molar-refractivity contribution >= 4 is 27.3 Å². The summed E-state index contributed by atoms with van der Waals surface area (Å²) in [5.74, 6) is 0.873. The standard InChI is InChI=1S/C9H9BrN2OS/c10-9-2-1-6(13-9)3-7(11)8-4-14-5-12-8/h1-2,4-5,7H,3,11H2. The second-order valence-electron chi connectivity index (χ2n) is 2.93. The average molecular weight is 273 g/mol. The highest BCUT2D eigenvalue weighted by molar-refractivity contribution is 9.10. The second-order valence-corrected chi connectivity index (χ2v) is 4.43. The maximum absolute atomic E-state index is 5.95. The van der Waals surface area contributed by atoms with Crippen LogP contribution in [-0.2, 0) is 6.42 Å². The van der Waals surface area contributed by atoms with Gasteiger partial charge in [0.15, 0.2) is 4.67 Å². The Kier molecular flexibility index (Phi) is 3.00. The van der Waals surface area contributed by atoms with Gasteiger partial charge in [-0.2, -0.15) is 0 Å². The SMILES string of the molecule is NC(Cc1ccc(Br)o1)c1cscn1. The lowest BCUT2D eigenvalue weighted by molar-refractivity contribution is 0.468. The van der Waals surface area contributed by atoms with E-state index in [0.717, 1.165) is 16.1 Å². The number of halogens is 1. The minimum atomic E-state index is -0.0840. The summed E-state index contributed by atoms with van der Waals surface area (Å²) in [6, 6.07) is 3.69. The second kappa shape index (κ2) is 4.25. The van der Waals surface area contributed by atoms with Crippen molar-refractivity contribution in [3.8, 4) is 0 Å². The smallest absolute Gasteiger partial charge is 0.169 e. The highest BCUT2D eigenvalue weighted by atomic mass is 79.9. The minimum absolute atomic E-state index is 0.0840. The van der Waals surface area contributed by atoms with Gasteiger partial charge in [-0.1, -0.05) is 0 Å². The molecule has 2 rings (SSSR count). The fraction of sp³-hybridized carbons (Fsp3) is 0.222. The summed E-state index contributed by atoms with van der Waals surface area (Å²) in [5, 5.41) is 1.96. The lowest BCUT2D eigenvalue weighted by Gasteiger charge is -2.05. The summed E-state index contributed by atoms with van der Waals surface area (Å²) in [5.41, 5.74) is 8.65. The Morgan fingerprint density at radius 2 is 2.43 bits per heavy atom. The number of thiazole rings is 1. The van der Waals surface area contributed by atoms with Crippen molar-refractivity contribution in [2.45, 2.75) is 12.5 Å². The molecule has 5 heteroatoms. The van der Waals surface area contributed by atoms with E-state index >= 15 is 0 Å². The lowest BCUT2D eigenvalue weighted by atomic mass is 10.1. The zero-order chi connectivity index (χ0) is 9.97. The first kappa shape index (κ1) is 9.89. The topological polar surface area (TPSA) is 52.0 Å². The molecular weight excluding hydrogens is 264 g/mol. The van der Waals surface area contributed by atoms with Crippen molar-refractivity contribution in [3.05, 3.63) is 39.1 Å².